The van der Waals surface area contributed by atoms with Crippen molar-refractivity contribution in [3.05, 3.63) is 57.3 Å². The summed E-state index contributed by atoms with van der Waals surface area (Å²) < 4.78 is 4.96. The molecule has 1 aliphatic heterocycles. The van der Waals surface area contributed by atoms with Crippen LogP contribution in [0.1, 0.15) is 42.4 Å². The Bertz CT molecular complexity index is 942. The molecular formula is C21H23N3O5S. The summed E-state index contributed by atoms with van der Waals surface area (Å²) in [6.07, 6.45) is 0.862. The fraction of sp³-hybridized carbons (Fsp3) is 0.333. The fourth-order valence-corrected chi connectivity index (χ4v) is 3.82. The number of thiophene rings is 1. The van der Waals surface area contributed by atoms with E-state index in [1.165, 1.54) is 34.4 Å². The quantitative estimate of drug-likeness (QED) is 0.440. The van der Waals surface area contributed by atoms with Crippen molar-refractivity contribution in [2.75, 3.05) is 33.4 Å². The number of benzene rings is 1. The van der Waals surface area contributed by atoms with Gasteiger partial charge in [0.05, 0.1) is 17.5 Å². The molecule has 0 saturated carbocycles. The number of carbonyl (C=O) groups excluding carboxylic acids is 4. The minimum Gasteiger partial charge on any atom is -0.385 e. The highest BCUT2D eigenvalue weighted by Gasteiger charge is 2.35. The molecule has 1 aromatic heterocycles. The molecule has 9 heteroatoms. The molecule has 4 amide bonds. The van der Waals surface area contributed by atoms with Gasteiger partial charge in [-0.15, -0.1) is 11.3 Å². The topological polar surface area (TPSA) is 105 Å². The highest BCUT2D eigenvalue weighted by atomic mass is 32.1. The zero-order valence-corrected chi connectivity index (χ0v) is 17.4. The Labute approximate surface area is 178 Å². The first-order valence-corrected chi connectivity index (χ1v) is 10.5. The number of rotatable bonds is 10. The maximum Gasteiger partial charge on any atom is 0.261 e. The van der Waals surface area contributed by atoms with Gasteiger partial charge in [-0.05, 0) is 36.1 Å². The molecule has 0 fully saturated rings. The first-order valence-electron chi connectivity index (χ1n) is 9.57. The van der Waals surface area contributed by atoms with Crippen molar-refractivity contribution < 1.29 is 23.9 Å². The SMILES string of the molecule is COCCCN1C(=O)c2ccc(C(=O)NCCNC(=O)Cc3cccs3)cc2C1=O. The van der Waals surface area contributed by atoms with Gasteiger partial charge in [-0.25, -0.2) is 0 Å². The zero-order valence-electron chi connectivity index (χ0n) is 16.6. The Morgan fingerprint density at radius 2 is 1.83 bits per heavy atom. The average Bonchev–Trinajstić information content (AvgIpc) is 3.33. The van der Waals surface area contributed by atoms with Gasteiger partial charge in [0.15, 0.2) is 0 Å². The summed E-state index contributed by atoms with van der Waals surface area (Å²) in [6.45, 7) is 1.27. The molecule has 1 aromatic carbocycles. The van der Waals surface area contributed by atoms with E-state index >= 15 is 0 Å². The Kier molecular flexibility index (Phi) is 7.31. The second kappa shape index (κ2) is 10.1. The van der Waals surface area contributed by atoms with E-state index in [-0.39, 0.29) is 36.4 Å². The third kappa shape index (κ3) is 5.11. The molecule has 0 aliphatic carbocycles. The van der Waals surface area contributed by atoms with Crippen LogP contribution in [-0.4, -0.2) is 61.9 Å². The van der Waals surface area contributed by atoms with E-state index in [1.807, 2.05) is 17.5 Å². The summed E-state index contributed by atoms with van der Waals surface area (Å²) >= 11 is 1.52. The monoisotopic (exact) mass is 429 g/mol. The van der Waals surface area contributed by atoms with E-state index in [4.69, 9.17) is 4.74 Å². The second-order valence-electron chi connectivity index (χ2n) is 6.73. The lowest BCUT2D eigenvalue weighted by molar-refractivity contribution is -0.120. The number of nitrogens with one attached hydrogen (secondary N) is 2. The van der Waals surface area contributed by atoms with Gasteiger partial charge < -0.3 is 15.4 Å². The van der Waals surface area contributed by atoms with Crippen molar-refractivity contribution in [1.82, 2.24) is 15.5 Å². The van der Waals surface area contributed by atoms with E-state index in [9.17, 15) is 19.2 Å². The highest BCUT2D eigenvalue weighted by molar-refractivity contribution is 7.10. The lowest BCUT2D eigenvalue weighted by atomic mass is 10.1. The molecular weight excluding hydrogens is 406 g/mol. The predicted molar refractivity (Wildman–Crippen MR) is 112 cm³/mol. The standard InChI is InChI=1S/C21H23N3O5S/c1-29-10-3-9-24-20(27)16-6-5-14(12-17(16)21(24)28)19(26)23-8-7-22-18(25)13-15-4-2-11-30-15/h2,4-6,11-12H,3,7-10,13H2,1H3,(H,22,25)(H,23,26). The largest absolute Gasteiger partial charge is 0.385 e. The van der Waals surface area contributed by atoms with Crippen LogP contribution in [0.15, 0.2) is 35.7 Å². The van der Waals surface area contributed by atoms with Gasteiger partial charge in [0.25, 0.3) is 17.7 Å². The van der Waals surface area contributed by atoms with Gasteiger partial charge in [0.1, 0.15) is 0 Å². The maximum absolute atomic E-state index is 12.5. The van der Waals surface area contributed by atoms with Crippen LogP contribution in [0, 0.1) is 0 Å². The Balaban J connectivity index is 1.50. The molecule has 30 heavy (non-hydrogen) atoms. The molecule has 2 heterocycles. The molecule has 2 aromatic rings. The number of nitrogens with zero attached hydrogens (tertiary/aromatic N) is 1. The summed E-state index contributed by atoms with van der Waals surface area (Å²) in [7, 11) is 1.56. The molecule has 0 unspecified atom stereocenters. The van der Waals surface area contributed by atoms with Gasteiger partial charge in [0.2, 0.25) is 5.91 Å². The van der Waals surface area contributed by atoms with Crippen LogP contribution in [0.4, 0.5) is 0 Å². The molecule has 3 rings (SSSR count). The van der Waals surface area contributed by atoms with Crippen LogP contribution >= 0.6 is 11.3 Å². The number of fused-ring (bicyclic) bond motifs is 1. The normalized spacial score (nSPS) is 12.8. The van der Waals surface area contributed by atoms with Crippen LogP contribution in [-0.2, 0) is 16.0 Å². The molecule has 2 N–H and O–H groups in total. The van der Waals surface area contributed by atoms with Crippen LogP contribution in [0.2, 0.25) is 0 Å². The molecule has 0 spiro atoms. The van der Waals surface area contributed by atoms with Crippen molar-refractivity contribution in [2.45, 2.75) is 12.8 Å². The molecule has 0 radical (unpaired) electrons. The van der Waals surface area contributed by atoms with Crippen LogP contribution in [0.25, 0.3) is 0 Å². The third-order valence-electron chi connectivity index (χ3n) is 4.61. The minimum absolute atomic E-state index is 0.109. The predicted octanol–water partition coefficient (Wildman–Crippen LogP) is 1.47. The van der Waals surface area contributed by atoms with E-state index in [0.717, 1.165) is 4.88 Å². The molecule has 0 atom stereocenters. The van der Waals surface area contributed by atoms with Gasteiger partial charge in [-0.1, -0.05) is 6.07 Å². The Morgan fingerprint density at radius 1 is 1.07 bits per heavy atom. The number of methoxy groups -OCH3 is 1. The van der Waals surface area contributed by atoms with Crippen molar-refractivity contribution in [2.24, 2.45) is 0 Å². The number of hydrogen-bond acceptors (Lipinski definition) is 6. The first kappa shape index (κ1) is 21.7. The maximum atomic E-state index is 12.5. The highest BCUT2D eigenvalue weighted by Crippen LogP contribution is 2.24. The van der Waals surface area contributed by atoms with E-state index in [2.05, 4.69) is 10.6 Å². The van der Waals surface area contributed by atoms with Crippen LogP contribution < -0.4 is 10.6 Å². The van der Waals surface area contributed by atoms with E-state index in [0.29, 0.717) is 37.1 Å². The second-order valence-corrected chi connectivity index (χ2v) is 7.76. The molecule has 0 bridgehead atoms. The summed E-state index contributed by atoms with van der Waals surface area (Å²) in [5.41, 5.74) is 0.822. The third-order valence-corrected chi connectivity index (χ3v) is 5.49. The fourth-order valence-electron chi connectivity index (χ4n) is 3.12. The van der Waals surface area contributed by atoms with Crippen LogP contribution in [0.3, 0.4) is 0 Å². The Hall–Kier alpha value is -3.04. The number of imide groups is 1. The lowest BCUT2D eigenvalue weighted by Crippen LogP contribution is -2.35. The van der Waals surface area contributed by atoms with Gasteiger partial charge >= 0.3 is 0 Å². The van der Waals surface area contributed by atoms with Crippen molar-refractivity contribution in [1.29, 1.82) is 0 Å². The molecule has 158 valence electrons. The summed E-state index contributed by atoms with van der Waals surface area (Å²) in [5, 5.41) is 7.37. The number of hydrogen-bond donors (Lipinski definition) is 2. The smallest absolute Gasteiger partial charge is 0.261 e. The van der Waals surface area contributed by atoms with Gasteiger partial charge in [0, 0.05) is 43.8 Å². The molecule has 1 aliphatic rings. The summed E-state index contributed by atoms with van der Waals surface area (Å²) in [5.74, 6) is -1.24. The molecule has 0 saturated heterocycles. The van der Waals surface area contributed by atoms with E-state index < -0.39 is 5.91 Å². The first-order chi connectivity index (χ1) is 14.5. The summed E-state index contributed by atoms with van der Waals surface area (Å²) in [4.78, 5) is 51.3. The molecule has 8 nitrogen and oxygen atoms in total. The van der Waals surface area contributed by atoms with Gasteiger partial charge in [-0.3, -0.25) is 24.1 Å². The van der Waals surface area contributed by atoms with Crippen molar-refractivity contribution in [3.8, 4) is 0 Å². The van der Waals surface area contributed by atoms with Crippen molar-refractivity contribution >= 4 is 35.0 Å². The summed E-state index contributed by atoms with van der Waals surface area (Å²) in [6, 6.07) is 8.25. The zero-order chi connectivity index (χ0) is 21.5. The minimum atomic E-state index is -0.401. The number of amides is 4. The number of carbonyl (C=O) groups is 4. The van der Waals surface area contributed by atoms with Crippen LogP contribution in [0.5, 0.6) is 0 Å². The van der Waals surface area contributed by atoms with E-state index in [1.54, 1.807) is 7.11 Å². The number of ether oxygens (including phenoxy) is 1. The van der Waals surface area contributed by atoms with Crippen molar-refractivity contribution in [3.63, 3.8) is 0 Å². The Morgan fingerprint density at radius 3 is 2.57 bits per heavy atom. The average molecular weight is 429 g/mol. The van der Waals surface area contributed by atoms with Gasteiger partial charge in [-0.2, -0.15) is 0 Å². The lowest BCUT2D eigenvalue weighted by Gasteiger charge is -2.12.